The Bertz CT molecular complexity index is 4440. The topological polar surface area (TPSA) is 9.72 Å². The molecule has 0 saturated carbocycles. The summed E-state index contributed by atoms with van der Waals surface area (Å²) in [5.41, 5.74) is 29.0. The van der Waals surface area contributed by atoms with Gasteiger partial charge in [-0.05, 0) is 175 Å². The molecule has 0 saturated heterocycles. The first-order chi connectivity index (χ1) is 41.1. The zero-order valence-corrected chi connectivity index (χ0v) is 46.0. The van der Waals surface area contributed by atoms with Gasteiger partial charge in [-0.1, -0.05) is 243 Å². The lowest BCUT2D eigenvalue weighted by atomic mass is 9.43. The Kier molecular flexibility index (Phi) is 12.5. The van der Waals surface area contributed by atoms with Crippen LogP contribution in [0.4, 0.5) is 45.5 Å². The zero-order chi connectivity index (χ0) is 55.2. The van der Waals surface area contributed by atoms with E-state index in [1.165, 1.54) is 72.1 Å². The number of benzene rings is 13. The average molecular weight is 1060 g/mol. The highest BCUT2D eigenvalue weighted by Crippen LogP contribution is 2.51. The SMILES string of the molecule is Cc1ccccc1-c1cc2c3c(c1)N(c1cccc(-c4ccccc4)c1)c1cc(-c4ccccc4)ccc1B3N(c1cccc(-c3ccccc3)c1)c1cc(N(c3cccc(-c4ccccc4)c3)c3cccc(-c4ccccc4)c3)ccc1-2. The van der Waals surface area contributed by atoms with E-state index in [-0.39, 0.29) is 6.85 Å². The number of fused-ring (bicyclic) bond motifs is 4. The van der Waals surface area contributed by atoms with Crippen molar-refractivity contribution in [3.8, 4) is 77.9 Å². The zero-order valence-electron chi connectivity index (χ0n) is 46.0. The predicted octanol–water partition coefficient (Wildman–Crippen LogP) is 20.2. The van der Waals surface area contributed by atoms with Crippen molar-refractivity contribution >= 4 is 63.3 Å². The lowest BCUT2D eigenvalue weighted by molar-refractivity contribution is 1.25. The van der Waals surface area contributed by atoms with Crippen LogP contribution in [0.1, 0.15) is 5.56 Å². The van der Waals surface area contributed by atoms with Gasteiger partial charge in [-0.25, -0.2) is 0 Å². The summed E-state index contributed by atoms with van der Waals surface area (Å²) in [6.45, 7) is 1.99. The molecule has 0 radical (unpaired) electrons. The maximum Gasteiger partial charge on any atom is 0.333 e. The van der Waals surface area contributed by atoms with Crippen molar-refractivity contribution in [3.63, 3.8) is 0 Å². The van der Waals surface area contributed by atoms with Crippen LogP contribution in [0.15, 0.2) is 322 Å². The monoisotopic (exact) mass is 1060 g/mol. The first-order valence-corrected chi connectivity index (χ1v) is 28.7. The largest absolute Gasteiger partial charge is 0.376 e. The van der Waals surface area contributed by atoms with Crippen molar-refractivity contribution in [1.82, 2.24) is 0 Å². The number of hydrogen-bond acceptors (Lipinski definition) is 3. The van der Waals surface area contributed by atoms with Gasteiger partial charge in [0.25, 0.3) is 0 Å². The molecule has 0 N–H and O–H groups in total. The number of aryl methyl sites for hydroxylation is 1. The van der Waals surface area contributed by atoms with Crippen LogP contribution in [0.5, 0.6) is 0 Å². The van der Waals surface area contributed by atoms with Crippen molar-refractivity contribution in [3.05, 3.63) is 327 Å². The van der Waals surface area contributed by atoms with Crippen LogP contribution in [0.3, 0.4) is 0 Å². The maximum atomic E-state index is 2.66. The van der Waals surface area contributed by atoms with Gasteiger partial charge in [-0.3, -0.25) is 0 Å². The summed E-state index contributed by atoms with van der Waals surface area (Å²) in [5, 5.41) is 0. The quantitative estimate of drug-likeness (QED) is 0.120. The fourth-order valence-electron chi connectivity index (χ4n) is 12.8. The molecular weight excluding hydrogens is 1000 g/mol. The Morgan fingerprint density at radius 2 is 0.699 bits per heavy atom. The van der Waals surface area contributed by atoms with E-state index in [0.717, 1.165) is 67.8 Å². The first-order valence-electron chi connectivity index (χ1n) is 28.7. The molecule has 4 heteroatoms. The van der Waals surface area contributed by atoms with E-state index in [1.807, 2.05) is 0 Å². The van der Waals surface area contributed by atoms with Crippen LogP contribution in [0, 0.1) is 6.92 Å². The van der Waals surface area contributed by atoms with E-state index in [0.29, 0.717) is 0 Å². The number of rotatable bonds is 11. The molecule has 2 aliphatic rings. The maximum absolute atomic E-state index is 2.66. The number of hydrogen-bond donors (Lipinski definition) is 0. The van der Waals surface area contributed by atoms with Crippen molar-refractivity contribution < 1.29 is 0 Å². The Morgan fingerprint density at radius 1 is 0.265 bits per heavy atom. The molecule has 3 nitrogen and oxygen atoms in total. The molecule has 2 aliphatic heterocycles. The highest BCUT2D eigenvalue weighted by molar-refractivity contribution is 6.93. The van der Waals surface area contributed by atoms with Crippen molar-refractivity contribution in [2.75, 3.05) is 14.6 Å². The molecule has 0 fully saturated rings. The minimum absolute atomic E-state index is 0.246. The first kappa shape index (κ1) is 49.4. The van der Waals surface area contributed by atoms with Crippen LogP contribution in [0.2, 0.25) is 0 Å². The average Bonchev–Trinajstić information content (AvgIpc) is 1.64. The van der Waals surface area contributed by atoms with E-state index < -0.39 is 0 Å². The summed E-state index contributed by atoms with van der Waals surface area (Å²) in [7, 11) is 0. The van der Waals surface area contributed by atoms with Gasteiger partial charge >= 0.3 is 6.85 Å². The summed E-state index contributed by atoms with van der Waals surface area (Å²) in [5.74, 6) is 0. The van der Waals surface area contributed by atoms with E-state index in [1.54, 1.807) is 0 Å². The molecule has 13 aromatic rings. The van der Waals surface area contributed by atoms with E-state index in [4.69, 9.17) is 0 Å². The van der Waals surface area contributed by atoms with Gasteiger partial charge in [-0.2, -0.15) is 0 Å². The third kappa shape index (κ3) is 9.08. The third-order valence-corrected chi connectivity index (χ3v) is 16.7. The lowest BCUT2D eigenvalue weighted by Gasteiger charge is -2.46. The van der Waals surface area contributed by atoms with Gasteiger partial charge in [0.15, 0.2) is 0 Å². The molecular formula is C79H56BN3. The van der Waals surface area contributed by atoms with Gasteiger partial charge in [-0.15, -0.1) is 0 Å². The molecule has 0 atom stereocenters. The van der Waals surface area contributed by atoms with Crippen LogP contribution in [-0.2, 0) is 0 Å². The van der Waals surface area contributed by atoms with Gasteiger partial charge in [0, 0.05) is 51.1 Å². The minimum atomic E-state index is -0.246. The Labute approximate surface area is 487 Å². The van der Waals surface area contributed by atoms with Gasteiger partial charge < -0.3 is 14.6 Å². The third-order valence-electron chi connectivity index (χ3n) is 16.7. The highest BCUT2D eigenvalue weighted by Gasteiger charge is 2.46. The molecule has 0 spiro atoms. The smallest absolute Gasteiger partial charge is 0.333 e. The number of anilines is 8. The Balaban J connectivity index is 1.03. The van der Waals surface area contributed by atoms with E-state index in [9.17, 15) is 0 Å². The summed E-state index contributed by atoms with van der Waals surface area (Å²) in [4.78, 5) is 7.66. The van der Waals surface area contributed by atoms with Crippen molar-refractivity contribution in [2.45, 2.75) is 6.92 Å². The molecule has 0 amide bonds. The van der Waals surface area contributed by atoms with Gasteiger partial charge in [0.1, 0.15) is 0 Å². The second-order valence-corrected chi connectivity index (χ2v) is 21.7. The predicted molar refractivity (Wildman–Crippen MR) is 352 cm³/mol. The summed E-state index contributed by atoms with van der Waals surface area (Å²) in [6, 6.07) is 118. The summed E-state index contributed by atoms with van der Waals surface area (Å²) >= 11 is 0. The van der Waals surface area contributed by atoms with Crippen molar-refractivity contribution in [1.29, 1.82) is 0 Å². The second-order valence-electron chi connectivity index (χ2n) is 21.7. The van der Waals surface area contributed by atoms with Crippen LogP contribution in [0.25, 0.3) is 77.9 Å². The second kappa shape index (κ2) is 21.1. The molecule has 0 unspecified atom stereocenters. The van der Waals surface area contributed by atoms with Crippen LogP contribution >= 0.6 is 0 Å². The summed E-state index contributed by atoms with van der Waals surface area (Å²) < 4.78 is 0. The lowest BCUT2D eigenvalue weighted by Crippen LogP contribution is -2.61. The van der Waals surface area contributed by atoms with Crippen LogP contribution < -0.4 is 25.5 Å². The standard InChI is InChI=1S/C79H56BN3/c1-55-23-17-18-42-72(55)66-51-74-73-45-44-70(81(67-38-19-34-61(47-67)56-24-7-2-8-25-56)68-39-20-35-62(48-68)57-26-9-3-10-27-57)54-76(73)83(71-41-22-37-64(50-71)59-30-13-5-14-31-59)80-75-46-43-65(60-32-15-6-16-33-60)52-77(75)82(78(53-66)79(74)80)69-40-21-36-63(49-69)58-28-11-4-12-29-58/h2-54H,1H3. The molecule has 2 heterocycles. The number of nitrogens with zero attached hydrogens (tertiary/aromatic N) is 3. The molecule has 390 valence electrons. The Morgan fingerprint density at radius 3 is 1.24 bits per heavy atom. The Hall–Kier alpha value is -10.7. The fraction of sp³-hybridized carbons (Fsp3) is 0.0127. The van der Waals surface area contributed by atoms with Gasteiger partial charge in [0.2, 0.25) is 0 Å². The molecule has 0 bridgehead atoms. The molecule has 15 rings (SSSR count). The van der Waals surface area contributed by atoms with E-state index in [2.05, 4.69) is 343 Å². The van der Waals surface area contributed by atoms with E-state index >= 15 is 0 Å². The van der Waals surface area contributed by atoms with Gasteiger partial charge in [0.05, 0.1) is 0 Å². The van der Waals surface area contributed by atoms with Crippen LogP contribution in [-0.4, -0.2) is 6.85 Å². The van der Waals surface area contributed by atoms with Crippen molar-refractivity contribution in [2.24, 2.45) is 0 Å². The minimum Gasteiger partial charge on any atom is -0.376 e. The normalized spacial score (nSPS) is 12.1. The fourth-order valence-corrected chi connectivity index (χ4v) is 12.8. The summed E-state index contributed by atoms with van der Waals surface area (Å²) in [6.07, 6.45) is 0. The highest BCUT2D eigenvalue weighted by atomic mass is 15.2. The molecule has 13 aromatic carbocycles. The molecule has 0 aliphatic carbocycles. The molecule has 0 aromatic heterocycles. The molecule has 83 heavy (non-hydrogen) atoms.